The Morgan fingerprint density at radius 3 is 2.50 bits per heavy atom. The van der Waals surface area contributed by atoms with Gasteiger partial charge in [0.2, 0.25) is 11.8 Å². The zero-order chi connectivity index (χ0) is 17.4. The molecule has 0 saturated carbocycles. The number of hydrogen-bond acceptors (Lipinski definition) is 4. The predicted octanol–water partition coefficient (Wildman–Crippen LogP) is 2.94. The second-order valence-corrected chi connectivity index (χ2v) is 6.47. The van der Waals surface area contributed by atoms with Gasteiger partial charge in [-0.1, -0.05) is 23.8 Å². The van der Waals surface area contributed by atoms with Crippen molar-refractivity contribution in [3.63, 3.8) is 0 Å². The molecule has 6 heteroatoms. The molecule has 0 bridgehead atoms. The van der Waals surface area contributed by atoms with Crippen LogP contribution >= 0.6 is 11.8 Å². The van der Waals surface area contributed by atoms with E-state index in [1.54, 1.807) is 12.4 Å². The average molecular weight is 343 g/mol. The smallest absolute Gasteiger partial charge is 0.234 e. The number of nitrogens with one attached hydrogen (secondary N) is 2. The summed E-state index contributed by atoms with van der Waals surface area (Å²) in [6, 6.07) is 11.3. The van der Waals surface area contributed by atoms with Crippen molar-refractivity contribution in [1.82, 2.24) is 10.3 Å². The van der Waals surface area contributed by atoms with Crippen molar-refractivity contribution in [1.29, 1.82) is 0 Å². The fourth-order valence-electron chi connectivity index (χ4n) is 2.07. The van der Waals surface area contributed by atoms with Crippen molar-refractivity contribution in [2.45, 2.75) is 19.9 Å². The minimum Gasteiger partial charge on any atom is -0.349 e. The molecule has 24 heavy (non-hydrogen) atoms. The van der Waals surface area contributed by atoms with E-state index in [0.29, 0.717) is 0 Å². The first-order valence-corrected chi connectivity index (χ1v) is 8.83. The van der Waals surface area contributed by atoms with Crippen molar-refractivity contribution in [2.24, 2.45) is 0 Å². The molecule has 5 nitrogen and oxygen atoms in total. The summed E-state index contributed by atoms with van der Waals surface area (Å²) >= 11 is 1.29. The maximum absolute atomic E-state index is 11.9. The van der Waals surface area contributed by atoms with E-state index < -0.39 is 0 Å². The van der Waals surface area contributed by atoms with Crippen molar-refractivity contribution < 1.29 is 9.59 Å². The summed E-state index contributed by atoms with van der Waals surface area (Å²) in [4.78, 5) is 27.8. The largest absolute Gasteiger partial charge is 0.349 e. The molecule has 0 aliphatic carbocycles. The Morgan fingerprint density at radius 1 is 1.12 bits per heavy atom. The summed E-state index contributed by atoms with van der Waals surface area (Å²) in [5, 5.41) is 5.70. The minimum atomic E-state index is -0.114. The van der Waals surface area contributed by atoms with Crippen molar-refractivity contribution in [2.75, 3.05) is 16.8 Å². The lowest BCUT2D eigenvalue weighted by Crippen LogP contribution is -2.28. The van der Waals surface area contributed by atoms with Crippen molar-refractivity contribution in [3.05, 3.63) is 59.9 Å². The van der Waals surface area contributed by atoms with Crippen LogP contribution in [0.5, 0.6) is 0 Å². The van der Waals surface area contributed by atoms with Gasteiger partial charge in [-0.25, -0.2) is 0 Å². The lowest BCUT2D eigenvalue weighted by Gasteiger charge is -2.13. The number of aryl methyl sites for hydroxylation is 1. The Hall–Kier alpha value is -2.34. The number of amides is 2. The van der Waals surface area contributed by atoms with Crippen LogP contribution in [0.25, 0.3) is 0 Å². The highest BCUT2D eigenvalue weighted by Gasteiger charge is 2.10. The van der Waals surface area contributed by atoms with Crippen LogP contribution in [0.3, 0.4) is 0 Å². The molecule has 0 spiro atoms. The Labute approximate surface area is 146 Å². The third kappa shape index (κ3) is 6.04. The van der Waals surface area contributed by atoms with Gasteiger partial charge in [-0.3, -0.25) is 14.6 Å². The van der Waals surface area contributed by atoms with Gasteiger partial charge in [-0.05, 0) is 37.6 Å². The minimum absolute atomic E-state index is 0.0977. The highest BCUT2D eigenvalue weighted by molar-refractivity contribution is 8.00. The zero-order valence-corrected chi connectivity index (χ0v) is 14.6. The highest BCUT2D eigenvalue weighted by atomic mass is 32.2. The van der Waals surface area contributed by atoms with E-state index in [2.05, 4.69) is 15.6 Å². The molecule has 1 atom stereocenters. The Kier molecular flexibility index (Phi) is 6.81. The lowest BCUT2D eigenvalue weighted by atomic mass is 10.1. The number of hydrogen-bond donors (Lipinski definition) is 2. The van der Waals surface area contributed by atoms with Crippen LogP contribution in [0.4, 0.5) is 5.69 Å². The molecule has 0 aliphatic rings. The van der Waals surface area contributed by atoms with Gasteiger partial charge in [0.05, 0.1) is 17.5 Å². The summed E-state index contributed by atoms with van der Waals surface area (Å²) in [7, 11) is 0. The number of anilines is 1. The molecule has 2 rings (SSSR count). The van der Waals surface area contributed by atoms with Gasteiger partial charge >= 0.3 is 0 Å². The van der Waals surface area contributed by atoms with E-state index in [1.807, 2.05) is 50.2 Å². The zero-order valence-electron chi connectivity index (χ0n) is 13.8. The third-order valence-electron chi connectivity index (χ3n) is 3.36. The first kappa shape index (κ1) is 18.0. The topological polar surface area (TPSA) is 71.1 Å². The van der Waals surface area contributed by atoms with Crippen LogP contribution in [0.15, 0.2) is 48.8 Å². The molecule has 1 aromatic carbocycles. The molecule has 1 unspecified atom stereocenters. The van der Waals surface area contributed by atoms with E-state index in [-0.39, 0.29) is 29.4 Å². The van der Waals surface area contributed by atoms with Crippen molar-refractivity contribution in [3.8, 4) is 0 Å². The number of carbonyl (C=O) groups is 2. The van der Waals surface area contributed by atoms with Crippen LogP contribution in [0, 0.1) is 6.92 Å². The quantitative estimate of drug-likeness (QED) is 0.811. The van der Waals surface area contributed by atoms with E-state index in [9.17, 15) is 9.59 Å². The van der Waals surface area contributed by atoms with Gasteiger partial charge in [0.15, 0.2) is 0 Å². The Morgan fingerprint density at radius 2 is 1.83 bits per heavy atom. The number of thioether (sulfide) groups is 1. The fraction of sp³-hybridized carbons (Fsp3) is 0.278. The number of pyridine rings is 1. The molecule has 2 N–H and O–H groups in total. The first-order chi connectivity index (χ1) is 11.5. The maximum atomic E-state index is 11.9. The van der Waals surface area contributed by atoms with Gasteiger partial charge in [0, 0.05) is 18.1 Å². The van der Waals surface area contributed by atoms with Crippen LogP contribution in [0.2, 0.25) is 0 Å². The monoisotopic (exact) mass is 343 g/mol. The third-order valence-corrected chi connectivity index (χ3v) is 4.30. The number of rotatable bonds is 7. The van der Waals surface area contributed by atoms with Crippen LogP contribution < -0.4 is 10.6 Å². The van der Waals surface area contributed by atoms with Gasteiger partial charge < -0.3 is 10.6 Å². The Balaban J connectivity index is 1.68. The molecule has 0 saturated heterocycles. The van der Waals surface area contributed by atoms with Crippen LogP contribution in [0.1, 0.15) is 24.1 Å². The Bertz CT molecular complexity index is 674. The molecule has 0 fully saturated rings. The molecule has 1 heterocycles. The molecule has 0 aliphatic heterocycles. The summed E-state index contributed by atoms with van der Waals surface area (Å²) < 4.78 is 0. The van der Waals surface area contributed by atoms with Gasteiger partial charge in [0.1, 0.15) is 0 Å². The van der Waals surface area contributed by atoms with Crippen molar-refractivity contribution >= 4 is 29.3 Å². The number of benzene rings is 1. The van der Waals surface area contributed by atoms with Gasteiger partial charge in [-0.2, -0.15) is 0 Å². The lowest BCUT2D eigenvalue weighted by molar-refractivity contribution is -0.119. The summed E-state index contributed by atoms with van der Waals surface area (Å²) in [5.74, 6) is 0.269. The average Bonchev–Trinajstić information content (AvgIpc) is 2.57. The molecule has 126 valence electrons. The SMILES string of the molecule is Cc1ccc(NC(=O)CSCC(=O)NC(C)c2cccnc2)cc1. The second-order valence-electron chi connectivity index (χ2n) is 5.48. The fourth-order valence-corrected chi connectivity index (χ4v) is 2.70. The van der Waals surface area contributed by atoms with Crippen LogP contribution in [-0.4, -0.2) is 28.3 Å². The molecule has 2 aromatic rings. The van der Waals surface area contributed by atoms with Crippen LogP contribution in [-0.2, 0) is 9.59 Å². The number of nitrogens with zero attached hydrogens (tertiary/aromatic N) is 1. The molecular formula is C18H21N3O2S. The predicted molar refractivity (Wildman–Crippen MR) is 97.9 cm³/mol. The molecule has 0 radical (unpaired) electrons. The molecular weight excluding hydrogens is 322 g/mol. The van der Waals surface area contributed by atoms with Gasteiger partial charge in [0.25, 0.3) is 0 Å². The first-order valence-electron chi connectivity index (χ1n) is 7.68. The normalized spacial score (nSPS) is 11.6. The highest BCUT2D eigenvalue weighted by Crippen LogP contribution is 2.12. The van der Waals surface area contributed by atoms with Gasteiger partial charge in [-0.15, -0.1) is 11.8 Å². The maximum Gasteiger partial charge on any atom is 0.234 e. The summed E-state index contributed by atoms with van der Waals surface area (Å²) in [5.41, 5.74) is 2.86. The molecule has 1 aromatic heterocycles. The summed E-state index contributed by atoms with van der Waals surface area (Å²) in [6.45, 7) is 3.90. The van der Waals surface area contributed by atoms with E-state index in [4.69, 9.17) is 0 Å². The van der Waals surface area contributed by atoms with E-state index >= 15 is 0 Å². The number of aromatic nitrogens is 1. The standard InChI is InChI=1S/C18H21N3O2S/c1-13-5-7-16(8-6-13)21-18(23)12-24-11-17(22)20-14(2)15-4-3-9-19-10-15/h3-10,14H,11-12H2,1-2H3,(H,20,22)(H,21,23). The van der Waals surface area contributed by atoms with E-state index in [1.165, 1.54) is 11.8 Å². The van der Waals surface area contributed by atoms with E-state index in [0.717, 1.165) is 16.8 Å². The summed E-state index contributed by atoms with van der Waals surface area (Å²) in [6.07, 6.45) is 3.42. The molecule has 2 amide bonds. The number of carbonyl (C=O) groups excluding carboxylic acids is 2. The second kappa shape index (κ2) is 9.08.